The highest BCUT2D eigenvalue weighted by atomic mass is 16.5. The topological polar surface area (TPSA) is 69.7 Å². The van der Waals surface area contributed by atoms with Crippen molar-refractivity contribution in [3.63, 3.8) is 0 Å². The van der Waals surface area contributed by atoms with Gasteiger partial charge in [-0.3, -0.25) is 9.59 Å². The Labute approximate surface area is 222 Å². The molecule has 4 aliphatic carbocycles. The predicted octanol–water partition coefficient (Wildman–Crippen LogP) is 6.64. The van der Waals surface area contributed by atoms with E-state index in [1.165, 1.54) is 20.0 Å². The first-order chi connectivity index (χ1) is 17.7. The number of hydrogen-bond acceptors (Lipinski definition) is 5. The summed E-state index contributed by atoms with van der Waals surface area (Å²) in [6.07, 6.45) is 9.31. The Morgan fingerprint density at radius 2 is 1.78 bits per heavy atom. The van der Waals surface area contributed by atoms with Gasteiger partial charge in [-0.25, -0.2) is 4.79 Å². The third-order valence-electron chi connectivity index (χ3n) is 11.6. The lowest BCUT2D eigenvalue weighted by molar-refractivity contribution is -0.160. The number of ether oxygens (including phenoxy) is 2. The summed E-state index contributed by atoms with van der Waals surface area (Å²) in [5.41, 5.74) is 0.500. The van der Waals surface area contributed by atoms with Crippen LogP contribution in [-0.2, 0) is 19.1 Å². The summed E-state index contributed by atoms with van der Waals surface area (Å²) in [4.78, 5) is 38.4. The molecule has 1 aromatic carbocycles. The third kappa shape index (κ3) is 4.55. The fraction of sp³-hybridized carbons (Fsp3) is 0.719. The van der Waals surface area contributed by atoms with Crippen molar-refractivity contribution in [3.8, 4) is 0 Å². The molecule has 4 fully saturated rings. The lowest BCUT2D eigenvalue weighted by Gasteiger charge is -2.60. The molecule has 4 aliphatic rings. The van der Waals surface area contributed by atoms with E-state index in [4.69, 9.17) is 9.47 Å². The Kier molecular flexibility index (Phi) is 7.28. The van der Waals surface area contributed by atoms with E-state index in [-0.39, 0.29) is 28.9 Å². The van der Waals surface area contributed by atoms with E-state index < -0.39 is 0 Å². The van der Waals surface area contributed by atoms with Crippen molar-refractivity contribution in [2.24, 2.45) is 46.3 Å². The molecule has 1 aromatic rings. The van der Waals surface area contributed by atoms with Gasteiger partial charge in [0.25, 0.3) is 0 Å². The van der Waals surface area contributed by atoms with Crippen LogP contribution >= 0.6 is 0 Å². The quantitative estimate of drug-likeness (QED) is 0.403. The van der Waals surface area contributed by atoms with Crippen molar-refractivity contribution in [1.82, 2.24) is 0 Å². The number of carbonyl (C=O) groups excluding carboxylic acids is 3. The van der Waals surface area contributed by atoms with Crippen LogP contribution in [0.3, 0.4) is 0 Å². The van der Waals surface area contributed by atoms with Crippen LogP contribution in [0.4, 0.5) is 0 Å². The summed E-state index contributed by atoms with van der Waals surface area (Å²) < 4.78 is 10.8. The zero-order valence-corrected chi connectivity index (χ0v) is 23.0. The number of hydrogen-bond donors (Lipinski definition) is 0. The second-order valence-electron chi connectivity index (χ2n) is 13.0. The largest absolute Gasteiger partial charge is 0.469 e. The normalized spacial score (nSPS) is 39.6. The maximum atomic E-state index is 14.0. The molecule has 0 heterocycles. The number of rotatable bonds is 6. The molecule has 0 unspecified atom stereocenters. The summed E-state index contributed by atoms with van der Waals surface area (Å²) in [6, 6.07) is 9.29. The van der Waals surface area contributed by atoms with Crippen LogP contribution < -0.4 is 0 Å². The summed E-state index contributed by atoms with van der Waals surface area (Å²) in [5.74, 6) is 2.79. The molecule has 0 radical (unpaired) electrons. The van der Waals surface area contributed by atoms with Crippen LogP contribution in [0.15, 0.2) is 30.3 Å². The molecule has 0 amide bonds. The molecule has 0 saturated heterocycles. The zero-order chi connectivity index (χ0) is 26.4. The van der Waals surface area contributed by atoms with Crippen LogP contribution in [-0.4, -0.2) is 30.9 Å². The molecule has 202 valence electrons. The lowest BCUT2D eigenvalue weighted by Crippen LogP contribution is -2.57. The van der Waals surface area contributed by atoms with E-state index in [0.717, 1.165) is 38.5 Å². The average Bonchev–Trinajstić information content (AvgIpc) is 3.27. The van der Waals surface area contributed by atoms with Gasteiger partial charge in [0.1, 0.15) is 11.9 Å². The highest BCUT2D eigenvalue weighted by Crippen LogP contribution is 2.67. The van der Waals surface area contributed by atoms with E-state index in [9.17, 15) is 14.4 Å². The monoisotopic (exact) mass is 508 g/mol. The Morgan fingerprint density at radius 1 is 1.03 bits per heavy atom. The number of fused-ring (bicyclic) bond motifs is 5. The van der Waals surface area contributed by atoms with Crippen LogP contribution in [0.25, 0.3) is 0 Å². The van der Waals surface area contributed by atoms with Gasteiger partial charge < -0.3 is 9.47 Å². The van der Waals surface area contributed by atoms with Gasteiger partial charge in [-0.15, -0.1) is 0 Å². The fourth-order valence-electron chi connectivity index (χ4n) is 9.42. The first-order valence-electron chi connectivity index (χ1n) is 14.5. The molecule has 37 heavy (non-hydrogen) atoms. The van der Waals surface area contributed by atoms with Crippen molar-refractivity contribution in [1.29, 1.82) is 0 Å². The number of esters is 2. The highest BCUT2D eigenvalue weighted by Gasteiger charge is 2.64. The van der Waals surface area contributed by atoms with E-state index in [1.54, 1.807) is 0 Å². The van der Waals surface area contributed by atoms with Crippen molar-refractivity contribution in [2.45, 2.75) is 91.1 Å². The molecular formula is C32H44O5. The Morgan fingerprint density at radius 3 is 2.51 bits per heavy atom. The maximum absolute atomic E-state index is 14.0. The maximum Gasteiger partial charge on any atom is 0.338 e. The van der Waals surface area contributed by atoms with Crippen LogP contribution in [0, 0.1) is 46.3 Å². The van der Waals surface area contributed by atoms with Crippen LogP contribution in [0.5, 0.6) is 0 Å². The summed E-state index contributed by atoms with van der Waals surface area (Å²) in [6.45, 7) is 6.93. The molecule has 0 bridgehead atoms. The second kappa shape index (κ2) is 10.2. The van der Waals surface area contributed by atoms with Crippen molar-refractivity contribution >= 4 is 17.7 Å². The van der Waals surface area contributed by atoms with E-state index in [0.29, 0.717) is 59.7 Å². The lowest BCUT2D eigenvalue weighted by atomic mass is 9.44. The standard InChI is InChI=1S/C32H44O5/c1-20(10-15-29(34)36-4)25-13-14-26-24-12-11-22-18-23(37-30(35)21-8-6-5-7-9-21)16-17-31(22,2)27(24)19-28(33)32(25,26)3/h5-9,20,22-27H,10-19H2,1-4H3/t20-,22+,23+,24-,25-,26+,27-,31-,32-/m0/s1. The van der Waals surface area contributed by atoms with Gasteiger partial charge in [0.05, 0.1) is 12.7 Å². The molecule has 0 aliphatic heterocycles. The van der Waals surface area contributed by atoms with Crippen molar-refractivity contribution < 1.29 is 23.9 Å². The second-order valence-corrected chi connectivity index (χ2v) is 13.0. The van der Waals surface area contributed by atoms with Gasteiger partial charge in [-0.05, 0) is 104 Å². The third-order valence-corrected chi connectivity index (χ3v) is 11.6. The first-order valence-corrected chi connectivity index (χ1v) is 14.5. The fourth-order valence-corrected chi connectivity index (χ4v) is 9.42. The average molecular weight is 509 g/mol. The van der Waals surface area contributed by atoms with Gasteiger partial charge in [0.15, 0.2) is 0 Å². The minimum atomic E-state index is -0.262. The van der Waals surface area contributed by atoms with Gasteiger partial charge in [-0.1, -0.05) is 39.0 Å². The molecule has 5 heteroatoms. The van der Waals surface area contributed by atoms with Crippen LogP contribution in [0.2, 0.25) is 0 Å². The molecule has 5 rings (SSSR count). The Balaban J connectivity index is 1.27. The molecule has 0 N–H and O–H groups in total. The first kappa shape index (κ1) is 26.4. The number of benzene rings is 1. The van der Waals surface area contributed by atoms with Gasteiger partial charge in [0, 0.05) is 18.3 Å². The molecule has 4 saturated carbocycles. The Hall–Kier alpha value is -2.17. The molecule has 0 spiro atoms. The van der Waals surface area contributed by atoms with Gasteiger partial charge in [-0.2, -0.15) is 0 Å². The molecular weight excluding hydrogens is 464 g/mol. The van der Waals surface area contributed by atoms with Gasteiger partial charge >= 0.3 is 11.9 Å². The zero-order valence-electron chi connectivity index (χ0n) is 23.0. The summed E-state index contributed by atoms with van der Waals surface area (Å²) in [5, 5.41) is 0. The molecule has 0 aromatic heterocycles. The molecule has 9 atom stereocenters. The van der Waals surface area contributed by atoms with Crippen molar-refractivity contribution in [2.75, 3.05) is 7.11 Å². The van der Waals surface area contributed by atoms with Crippen LogP contribution in [0.1, 0.15) is 95.3 Å². The van der Waals surface area contributed by atoms with E-state index >= 15 is 0 Å². The molecule has 5 nitrogen and oxygen atoms in total. The number of methoxy groups -OCH3 is 1. The SMILES string of the molecule is COC(=O)CC[C@H](C)[C@@H]1CC[C@@H]2[C@@H]3CC[C@@H]4C[C@H](OC(=O)c5ccccc5)CC[C@]4(C)[C@H]3CC(=O)[C@]21C. The minimum absolute atomic E-state index is 0.0292. The minimum Gasteiger partial charge on any atom is -0.469 e. The smallest absolute Gasteiger partial charge is 0.338 e. The van der Waals surface area contributed by atoms with E-state index in [1.807, 2.05) is 30.3 Å². The summed E-state index contributed by atoms with van der Waals surface area (Å²) in [7, 11) is 1.45. The number of ketones is 1. The van der Waals surface area contributed by atoms with E-state index in [2.05, 4.69) is 20.8 Å². The van der Waals surface area contributed by atoms with Gasteiger partial charge in [0.2, 0.25) is 0 Å². The predicted molar refractivity (Wildman–Crippen MR) is 142 cm³/mol. The number of carbonyl (C=O) groups is 3. The van der Waals surface area contributed by atoms with Crippen molar-refractivity contribution in [3.05, 3.63) is 35.9 Å². The summed E-state index contributed by atoms with van der Waals surface area (Å²) >= 11 is 0. The highest BCUT2D eigenvalue weighted by molar-refractivity contribution is 5.89. The Bertz CT molecular complexity index is 1020. The number of Topliss-reactive ketones (excluding diaryl/α,β-unsaturated/α-hetero) is 1.